The zero-order valence-electron chi connectivity index (χ0n) is 4.84. The van der Waals surface area contributed by atoms with Gasteiger partial charge in [0.2, 0.25) is 0 Å². The Morgan fingerprint density at radius 3 is 2.38 bits per heavy atom. The highest BCUT2D eigenvalue weighted by molar-refractivity contribution is 8.21. The van der Waals surface area contributed by atoms with Crippen molar-refractivity contribution in [3.63, 3.8) is 0 Å². The van der Waals surface area contributed by atoms with Crippen LogP contribution in [0.1, 0.15) is 13.8 Å². The van der Waals surface area contributed by atoms with E-state index in [1.807, 2.05) is 13.8 Å². The average molecular weight is 145 g/mol. The predicted octanol–water partition coefficient (Wildman–Crippen LogP) is 1.98. The molecule has 0 aromatic rings. The molecular weight excluding hydrogens is 138 g/mol. The van der Waals surface area contributed by atoms with Gasteiger partial charge in [0.25, 0.3) is 0 Å². The molecule has 0 bridgehead atoms. The van der Waals surface area contributed by atoms with Crippen molar-refractivity contribution >= 4 is 28.7 Å². The van der Waals surface area contributed by atoms with E-state index in [9.17, 15) is 0 Å². The summed E-state index contributed by atoms with van der Waals surface area (Å²) in [6.07, 6.45) is 0. The van der Waals surface area contributed by atoms with Crippen LogP contribution in [0.3, 0.4) is 0 Å². The summed E-state index contributed by atoms with van der Waals surface area (Å²) in [4.78, 5) is 0. The lowest BCUT2D eigenvalue weighted by Crippen LogP contribution is -2.09. The third kappa shape index (κ3) is 3.00. The third-order valence-electron chi connectivity index (χ3n) is 0.612. The van der Waals surface area contributed by atoms with Crippen molar-refractivity contribution in [1.82, 2.24) is 0 Å². The van der Waals surface area contributed by atoms with Crippen LogP contribution >= 0.6 is 24.0 Å². The van der Waals surface area contributed by atoms with Crippen LogP contribution in [0.15, 0.2) is 0 Å². The van der Waals surface area contributed by atoms with E-state index in [0.717, 1.165) is 0 Å². The second-order valence-electron chi connectivity index (χ2n) is 1.84. The van der Waals surface area contributed by atoms with Crippen molar-refractivity contribution < 1.29 is 0 Å². The van der Waals surface area contributed by atoms with Crippen LogP contribution in [0.4, 0.5) is 0 Å². The van der Waals surface area contributed by atoms with Crippen molar-refractivity contribution in [2.24, 2.45) is 0 Å². The van der Waals surface area contributed by atoms with Gasteiger partial charge in [-0.3, -0.25) is 0 Å². The van der Waals surface area contributed by atoms with E-state index in [0.29, 0.717) is 0 Å². The number of thioether (sulfide) groups is 1. The Kier molecular flexibility index (Phi) is 3.03. The van der Waals surface area contributed by atoms with E-state index in [4.69, 9.17) is 5.26 Å². The standard InChI is InChI=1S/C5H7NS2/c1-5(2,3-6)8-4-7/h4H,1-2H3. The number of hydrogen-bond donors (Lipinski definition) is 0. The van der Waals surface area contributed by atoms with Crippen LogP contribution in [0.25, 0.3) is 0 Å². The summed E-state index contributed by atoms with van der Waals surface area (Å²) >= 11 is 5.92. The van der Waals surface area contributed by atoms with Crippen LogP contribution in [0.2, 0.25) is 0 Å². The fraction of sp³-hybridized carbons (Fsp3) is 0.600. The van der Waals surface area contributed by atoms with Crippen LogP contribution in [0, 0.1) is 11.3 Å². The predicted molar refractivity (Wildman–Crippen MR) is 40.9 cm³/mol. The number of hydrogen-bond acceptors (Lipinski definition) is 3. The molecular formula is C5H7NS2. The van der Waals surface area contributed by atoms with Gasteiger partial charge in [0.1, 0.15) is 4.75 Å². The van der Waals surface area contributed by atoms with Crippen LogP contribution in [0.5, 0.6) is 0 Å². The maximum absolute atomic E-state index is 8.39. The summed E-state index contributed by atoms with van der Waals surface area (Å²) in [6, 6.07) is 2.11. The lowest BCUT2D eigenvalue weighted by atomic mass is 10.2. The normalized spacial score (nSPS) is 10.1. The first-order chi connectivity index (χ1) is 3.62. The molecule has 0 rings (SSSR count). The summed E-state index contributed by atoms with van der Waals surface area (Å²) in [5, 5.41) is 8.39. The van der Waals surface area contributed by atoms with Crippen molar-refractivity contribution in [3.05, 3.63) is 0 Å². The van der Waals surface area contributed by atoms with E-state index in [1.165, 1.54) is 16.5 Å². The molecule has 0 N–H and O–H groups in total. The maximum Gasteiger partial charge on any atom is 0.102 e. The molecule has 0 radical (unpaired) electrons. The molecule has 0 heterocycles. The van der Waals surface area contributed by atoms with Crippen molar-refractivity contribution in [2.45, 2.75) is 18.6 Å². The maximum atomic E-state index is 8.39. The van der Waals surface area contributed by atoms with Crippen LogP contribution < -0.4 is 0 Å². The molecule has 0 atom stereocenters. The monoisotopic (exact) mass is 145 g/mol. The second-order valence-corrected chi connectivity index (χ2v) is 3.86. The molecule has 0 saturated carbocycles. The van der Waals surface area contributed by atoms with Crippen molar-refractivity contribution in [2.75, 3.05) is 0 Å². The van der Waals surface area contributed by atoms with E-state index < -0.39 is 0 Å². The Bertz CT molecular complexity index is 123. The minimum atomic E-state index is -0.345. The second kappa shape index (κ2) is 3.06. The molecule has 0 fully saturated rings. The molecule has 0 aliphatic rings. The average Bonchev–Trinajstić information content (AvgIpc) is 1.67. The first-order valence-corrected chi connectivity index (χ1v) is 3.50. The topological polar surface area (TPSA) is 23.8 Å². The SMILES string of the molecule is CC(C)(C#N)SC=S. The minimum Gasteiger partial charge on any atom is -0.197 e. The molecule has 0 unspecified atom stereocenters. The highest BCUT2D eigenvalue weighted by Crippen LogP contribution is 2.19. The van der Waals surface area contributed by atoms with Gasteiger partial charge >= 0.3 is 0 Å². The smallest absolute Gasteiger partial charge is 0.102 e. The van der Waals surface area contributed by atoms with Gasteiger partial charge < -0.3 is 0 Å². The van der Waals surface area contributed by atoms with Crippen LogP contribution in [-0.4, -0.2) is 9.45 Å². The van der Waals surface area contributed by atoms with Gasteiger partial charge in [-0.25, -0.2) is 0 Å². The Hall–Kier alpha value is -0.0700. The Balaban J connectivity index is 3.76. The number of thiocarbonyl (C=S) groups is 1. The summed E-state index contributed by atoms with van der Waals surface area (Å²) in [5.74, 6) is 0. The molecule has 44 valence electrons. The first-order valence-electron chi connectivity index (χ1n) is 2.15. The fourth-order valence-corrected chi connectivity index (χ4v) is 1.16. The third-order valence-corrected chi connectivity index (χ3v) is 1.68. The minimum absolute atomic E-state index is 0.345. The number of nitrogens with zero attached hydrogens (tertiary/aromatic N) is 1. The molecule has 0 aliphatic carbocycles. The lowest BCUT2D eigenvalue weighted by molar-refractivity contribution is 0.921. The Morgan fingerprint density at radius 2 is 2.25 bits per heavy atom. The summed E-state index contributed by atoms with van der Waals surface area (Å²) < 4.78 is 1.17. The number of nitriles is 1. The summed E-state index contributed by atoms with van der Waals surface area (Å²) in [5.41, 5.74) is 0. The molecule has 1 nitrogen and oxygen atoms in total. The van der Waals surface area contributed by atoms with E-state index in [2.05, 4.69) is 18.3 Å². The first kappa shape index (κ1) is 7.93. The molecule has 0 spiro atoms. The van der Waals surface area contributed by atoms with E-state index >= 15 is 0 Å². The molecule has 0 aromatic heterocycles. The van der Waals surface area contributed by atoms with Gasteiger partial charge in [0.15, 0.2) is 0 Å². The fourth-order valence-electron chi connectivity index (χ4n) is 0.147. The Morgan fingerprint density at radius 1 is 1.75 bits per heavy atom. The lowest BCUT2D eigenvalue weighted by Gasteiger charge is -2.08. The highest BCUT2D eigenvalue weighted by atomic mass is 32.2. The molecule has 8 heavy (non-hydrogen) atoms. The van der Waals surface area contributed by atoms with Gasteiger partial charge in [-0.05, 0) is 13.8 Å². The summed E-state index contributed by atoms with van der Waals surface area (Å²) in [7, 11) is 0. The zero-order chi connectivity index (χ0) is 6.62. The molecule has 0 aromatic carbocycles. The highest BCUT2D eigenvalue weighted by Gasteiger charge is 2.14. The summed E-state index contributed by atoms with van der Waals surface area (Å²) in [6.45, 7) is 3.67. The van der Waals surface area contributed by atoms with E-state index in [-0.39, 0.29) is 4.75 Å². The quantitative estimate of drug-likeness (QED) is 0.555. The largest absolute Gasteiger partial charge is 0.197 e. The molecule has 3 heteroatoms. The van der Waals surface area contributed by atoms with Gasteiger partial charge in [0, 0.05) is 4.70 Å². The van der Waals surface area contributed by atoms with Gasteiger partial charge in [-0.1, -0.05) is 12.2 Å². The van der Waals surface area contributed by atoms with Crippen LogP contribution in [-0.2, 0) is 0 Å². The zero-order valence-corrected chi connectivity index (χ0v) is 6.47. The Labute approximate surface area is 59.1 Å². The van der Waals surface area contributed by atoms with Crippen molar-refractivity contribution in [1.29, 1.82) is 5.26 Å². The van der Waals surface area contributed by atoms with Gasteiger partial charge in [-0.15, -0.1) is 11.8 Å². The molecule has 0 aliphatic heterocycles. The van der Waals surface area contributed by atoms with E-state index in [1.54, 1.807) is 0 Å². The molecule has 0 saturated heterocycles. The van der Waals surface area contributed by atoms with Crippen molar-refractivity contribution in [3.8, 4) is 6.07 Å². The number of rotatable bonds is 2. The van der Waals surface area contributed by atoms with Gasteiger partial charge in [-0.2, -0.15) is 5.26 Å². The molecule has 0 amide bonds. The van der Waals surface area contributed by atoms with Gasteiger partial charge in [0.05, 0.1) is 6.07 Å².